The number of para-hydroxylation sites is 2. The molecule has 0 aliphatic carbocycles. The second-order valence-corrected chi connectivity index (χ2v) is 14.3. The van der Waals surface area contributed by atoms with Crippen LogP contribution in [0.3, 0.4) is 0 Å². The summed E-state index contributed by atoms with van der Waals surface area (Å²) < 4.78 is 4.84. The molecule has 0 N–H and O–H groups in total. The molecule has 6 aromatic carbocycles. The lowest BCUT2D eigenvalue weighted by Crippen LogP contribution is -2.11. The maximum atomic E-state index is 5.17. The van der Waals surface area contributed by atoms with Crippen molar-refractivity contribution < 1.29 is 0 Å². The lowest BCUT2D eigenvalue weighted by Gasteiger charge is -2.22. The van der Waals surface area contributed by atoms with Crippen LogP contribution in [-0.2, 0) is 12.8 Å². The summed E-state index contributed by atoms with van der Waals surface area (Å²) in [4.78, 5) is 5.17. The summed E-state index contributed by atoms with van der Waals surface area (Å²) in [6.45, 7) is 9.23. The van der Waals surface area contributed by atoms with Crippen molar-refractivity contribution in [1.82, 2.24) is 14.1 Å². The third-order valence-corrected chi connectivity index (χ3v) is 9.68. The van der Waals surface area contributed by atoms with Crippen molar-refractivity contribution in [3.8, 4) is 45.1 Å². The molecular weight excluding hydrogens is 607 g/mol. The van der Waals surface area contributed by atoms with Crippen LogP contribution in [0.25, 0.3) is 67.0 Å². The summed E-state index contributed by atoms with van der Waals surface area (Å²) in [5.41, 5.74) is 13.4. The highest BCUT2D eigenvalue weighted by molar-refractivity contribution is 6.15. The predicted molar refractivity (Wildman–Crippen MR) is 211 cm³/mol. The van der Waals surface area contributed by atoms with Crippen molar-refractivity contribution in [1.29, 1.82) is 0 Å². The lowest BCUT2D eigenvalue weighted by atomic mass is 9.93. The Bertz CT molecular complexity index is 2380. The van der Waals surface area contributed by atoms with Gasteiger partial charge in [-0.25, -0.2) is 4.98 Å². The second kappa shape index (κ2) is 13.3. The number of fused-ring (bicyclic) bond motifs is 3. The van der Waals surface area contributed by atoms with Crippen LogP contribution < -0.4 is 0 Å². The zero-order chi connectivity index (χ0) is 34.2. The molecule has 0 aliphatic rings. The average molecular weight is 650 g/mol. The van der Waals surface area contributed by atoms with Crippen LogP contribution in [0.1, 0.15) is 38.8 Å². The lowest BCUT2D eigenvalue weighted by molar-refractivity contribution is 0.631. The summed E-state index contributed by atoms with van der Waals surface area (Å²) in [6.07, 6.45) is 4.07. The molecule has 0 radical (unpaired) electrons. The fraction of sp³-hybridized carbons (Fsp3) is 0.170. The van der Waals surface area contributed by atoms with Gasteiger partial charge in [-0.3, -0.25) is 4.57 Å². The molecule has 0 fully saturated rings. The number of nitrogens with zero attached hydrogens (tertiary/aromatic N) is 3. The quantitative estimate of drug-likeness (QED) is 0.153. The molecule has 0 atom stereocenters. The number of rotatable bonds is 9. The van der Waals surface area contributed by atoms with Gasteiger partial charge >= 0.3 is 0 Å². The van der Waals surface area contributed by atoms with E-state index in [9.17, 15) is 0 Å². The van der Waals surface area contributed by atoms with Crippen LogP contribution in [0.4, 0.5) is 0 Å². The van der Waals surface area contributed by atoms with E-state index in [1.54, 1.807) is 0 Å². The Morgan fingerprint density at radius 1 is 0.500 bits per heavy atom. The molecule has 0 spiro atoms. The third kappa shape index (κ3) is 5.73. The molecule has 50 heavy (non-hydrogen) atoms. The molecule has 0 bridgehead atoms. The first kappa shape index (κ1) is 31.6. The van der Waals surface area contributed by atoms with Gasteiger partial charge in [-0.1, -0.05) is 137 Å². The summed E-state index contributed by atoms with van der Waals surface area (Å²) in [5.74, 6) is 2.02. The topological polar surface area (TPSA) is 22.8 Å². The van der Waals surface area contributed by atoms with Crippen molar-refractivity contribution >= 4 is 21.8 Å². The van der Waals surface area contributed by atoms with Crippen molar-refractivity contribution in [2.24, 2.45) is 11.8 Å². The summed E-state index contributed by atoms with van der Waals surface area (Å²) in [6, 6.07) is 52.7. The Kier molecular flexibility index (Phi) is 8.42. The second-order valence-electron chi connectivity index (χ2n) is 14.3. The number of aromatic nitrogens is 3. The monoisotopic (exact) mass is 649 g/mol. The zero-order valence-electron chi connectivity index (χ0n) is 29.3. The van der Waals surface area contributed by atoms with Crippen LogP contribution in [-0.4, -0.2) is 14.1 Å². The Hall–Kier alpha value is -5.67. The molecular formula is C47H43N3. The first-order valence-corrected chi connectivity index (χ1v) is 17.9. The maximum absolute atomic E-state index is 5.17. The molecule has 0 saturated carbocycles. The van der Waals surface area contributed by atoms with E-state index in [0.717, 1.165) is 41.2 Å². The number of hydrogen-bond donors (Lipinski definition) is 0. The Morgan fingerprint density at radius 2 is 1.08 bits per heavy atom. The van der Waals surface area contributed by atoms with Gasteiger partial charge in [-0.05, 0) is 83.3 Å². The van der Waals surface area contributed by atoms with Gasteiger partial charge in [-0.2, -0.15) is 0 Å². The normalized spacial score (nSPS) is 11.7. The molecule has 0 unspecified atom stereocenters. The highest BCUT2D eigenvalue weighted by Gasteiger charge is 2.22. The number of benzene rings is 6. The van der Waals surface area contributed by atoms with E-state index in [0.29, 0.717) is 11.8 Å². The number of hydrogen-bond acceptors (Lipinski definition) is 1. The van der Waals surface area contributed by atoms with Crippen LogP contribution >= 0.6 is 0 Å². The fourth-order valence-corrected chi connectivity index (χ4v) is 7.65. The SMILES string of the molecule is CC(C)Cc1cccc(CC(C)C)c1-n1c(-c2ccccc2)cnc1-c1ccc(-n2c3ccccc3c3c(-c4ccccc4)cccc32)cc1. The summed E-state index contributed by atoms with van der Waals surface area (Å²) >= 11 is 0. The first-order valence-electron chi connectivity index (χ1n) is 17.9. The minimum atomic E-state index is 0.531. The van der Waals surface area contributed by atoms with E-state index in [1.807, 2.05) is 0 Å². The van der Waals surface area contributed by atoms with Gasteiger partial charge in [0, 0.05) is 27.6 Å². The minimum Gasteiger partial charge on any atom is -0.309 e. The Morgan fingerprint density at radius 3 is 1.74 bits per heavy atom. The molecule has 2 aromatic heterocycles. The van der Waals surface area contributed by atoms with Crippen molar-refractivity contribution in [3.63, 3.8) is 0 Å². The fourth-order valence-electron chi connectivity index (χ4n) is 7.65. The first-order chi connectivity index (χ1) is 24.5. The molecule has 3 nitrogen and oxygen atoms in total. The van der Waals surface area contributed by atoms with Gasteiger partial charge in [0.15, 0.2) is 0 Å². The molecule has 0 aliphatic heterocycles. The Labute approximate surface area is 295 Å². The van der Waals surface area contributed by atoms with Gasteiger partial charge in [0.1, 0.15) is 5.82 Å². The van der Waals surface area contributed by atoms with Crippen LogP contribution in [0, 0.1) is 11.8 Å². The van der Waals surface area contributed by atoms with E-state index in [2.05, 4.69) is 189 Å². The standard InChI is InChI=1S/C47H43N3/c1-32(2)29-37-19-13-20-38(30-33(3)4)46(37)50-44(35-17-9-6-10-18-35)31-48-47(50)36-25-27-39(28-26-36)49-42-23-12-11-21-41(42)45-40(22-14-24-43(45)49)34-15-7-5-8-16-34/h5-28,31-33H,29-30H2,1-4H3. The van der Waals surface area contributed by atoms with E-state index in [-0.39, 0.29) is 0 Å². The van der Waals surface area contributed by atoms with E-state index < -0.39 is 0 Å². The van der Waals surface area contributed by atoms with Gasteiger partial charge in [-0.15, -0.1) is 0 Å². The van der Waals surface area contributed by atoms with Gasteiger partial charge < -0.3 is 4.57 Å². The number of imidazole rings is 1. The van der Waals surface area contributed by atoms with E-state index in [1.165, 1.54) is 49.7 Å². The molecule has 8 aromatic rings. The van der Waals surface area contributed by atoms with E-state index >= 15 is 0 Å². The zero-order valence-corrected chi connectivity index (χ0v) is 29.3. The van der Waals surface area contributed by atoms with E-state index in [4.69, 9.17) is 4.98 Å². The molecule has 2 heterocycles. The average Bonchev–Trinajstić information content (AvgIpc) is 3.72. The smallest absolute Gasteiger partial charge is 0.145 e. The van der Waals surface area contributed by atoms with Crippen molar-refractivity contribution in [2.75, 3.05) is 0 Å². The minimum absolute atomic E-state index is 0.531. The molecule has 0 amide bonds. The maximum Gasteiger partial charge on any atom is 0.145 e. The van der Waals surface area contributed by atoms with Crippen molar-refractivity contribution in [3.05, 3.63) is 163 Å². The predicted octanol–water partition coefficient (Wildman–Crippen LogP) is 12.4. The summed E-state index contributed by atoms with van der Waals surface area (Å²) in [7, 11) is 0. The largest absolute Gasteiger partial charge is 0.309 e. The van der Waals surface area contributed by atoms with Crippen LogP contribution in [0.15, 0.2) is 152 Å². The highest BCUT2D eigenvalue weighted by Crippen LogP contribution is 2.40. The van der Waals surface area contributed by atoms with Crippen molar-refractivity contribution in [2.45, 2.75) is 40.5 Å². The molecule has 246 valence electrons. The molecule has 0 saturated heterocycles. The van der Waals surface area contributed by atoms with Gasteiger partial charge in [0.25, 0.3) is 0 Å². The Balaban J connectivity index is 1.31. The van der Waals surface area contributed by atoms with Gasteiger partial charge in [0.2, 0.25) is 0 Å². The molecule has 8 rings (SSSR count). The summed E-state index contributed by atoms with van der Waals surface area (Å²) in [5, 5.41) is 2.54. The molecule has 3 heteroatoms. The van der Waals surface area contributed by atoms with Crippen LogP contribution in [0.2, 0.25) is 0 Å². The van der Waals surface area contributed by atoms with Crippen LogP contribution in [0.5, 0.6) is 0 Å². The third-order valence-electron chi connectivity index (χ3n) is 9.68. The highest BCUT2D eigenvalue weighted by atomic mass is 15.1. The van der Waals surface area contributed by atoms with Gasteiger partial charge in [0.05, 0.1) is 28.6 Å².